The summed E-state index contributed by atoms with van der Waals surface area (Å²) in [5, 5.41) is 4.92. The molecule has 0 atom stereocenters. The van der Waals surface area contributed by atoms with E-state index in [0.717, 1.165) is 6.42 Å². The van der Waals surface area contributed by atoms with Gasteiger partial charge in [0.1, 0.15) is 0 Å². The maximum Gasteiger partial charge on any atom is 0.252 e. The molecular weight excluding hydrogens is 312 g/mol. The van der Waals surface area contributed by atoms with Gasteiger partial charge < -0.3 is 11.1 Å². The molecule has 2 rings (SSSR count). The predicted octanol–water partition coefficient (Wildman–Crippen LogP) is 3.07. The van der Waals surface area contributed by atoms with Gasteiger partial charge in [-0.2, -0.15) is 0 Å². The summed E-state index contributed by atoms with van der Waals surface area (Å²) in [5.74, 6) is -0.106. The number of benzene rings is 1. The first-order valence-corrected chi connectivity index (χ1v) is 7.20. The molecule has 0 fully saturated rings. The van der Waals surface area contributed by atoms with Gasteiger partial charge in [0.2, 0.25) is 0 Å². The molecule has 0 bridgehead atoms. The number of carbonyl (C=O) groups excluding carboxylic acids is 1. The number of rotatable bonds is 4. The summed E-state index contributed by atoms with van der Waals surface area (Å²) < 4.78 is 0.652. The van der Waals surface area contributed by atoms with Crippen molar-refractivity contribution < 1.29 is 4.79 Å². The third-order valence-electron chi connectivity index (χ3n) is 2.51. The van der Waals surface area contributed by atoms with E-state index in [9.17, 15) is 4.79 Å². The lowest BCUT2D eigenvalue weighted by Crippen LogP contribution is -2.26. The summed E-state index contributed by atoms with van der Waals surface area (Å²) in [6.07, 6.45) is 0.851. The summed E-state index contributed by atoms with van der Waals surface area (Å²) in [5.41, 5.74) is 6.88. The maximum absolute atomic E-state index is 12.0. The third-order valence-corrected chi connectivity index (χ3v) is 4.33. The first-order valence-electron chi connectivity index (χ1n) is 5.53. The van der Waals surface area contributed by atoms with Crippen molar-refractivity contribution in [2.45, 2.75) is 6.42 Å². The Bertz CT molecular complexity index is 540. The van der Waals surface area contributed by atoms with Gasteiger partial charge in [0.15, 0.2) is 0 Å². The Hall–Kier alpha value is -1.33. The van der Waals surface area contributed by atoms with Crippen LogP contribution in [0.4, 0.5) is 5.69 Å². The first-order chi connectivity index (χ1) is 8.68. The molecule has 0 aliphatic heterocycles. The fourth-order valence-corrected chi connectivity index (χ4v) is 2.73. The molecule has 0 spiro atoms. The molecule has 18 heavy (non-hydrogen) atoms. The van der Waals surface area contributed by atoms with Crippen molar-refractivity contribution in [3.63, 3.8) is 0 Å². The maximum atomic E-state index is 12.0. The van der Waals surface area contributed by atoms with Gasteiger partial charge in [0.25, 0.3) is 5.91 Å². The summed E-state index contributed by atoms with van der Waals surface area (Å²) in [7, 11) is 0. The summed E-state index contributed by atoms with van der Waals surface area (Å²) >= 11 is 5.02. The molecule has 0 aliphatic rings. The van der Waals surface area contributed by atoms with E-state index in [1.807, 2.05) is 11.4 Å². The van der Waals surface area contributed by atoms with Crippen LogP contribution in [0.5, 0.6) is 0 Å². The van der Waals surface area contributed by atoms with Gasteiger partial charge in [0.05, 0.1) is 10.0 Å². The van der Waals surface area contributed by atoms with Crippen molar-refractivity contribution in [2.24, 2.45) is 0 Å². The highest BCUT2D eigenvalue weighted by Crippen LogP contribution is 2.23. The SMILES string of the molecule is Nc1cccc(C(=O)NCCc2cccs2)c1Br. The van der Waals surface area contributed by atoms with Crippen molar-refractivity contribution in [3.8, 4) is 0 Å². The van der Waals surface area contributed by atoms with Crippen molar-refractivity contribution >= 4 is 38.9 Å². The van der Waals surface area contributed by atoms with Gasteiger partial charge in [-0.3, -0.25) is 4.79 Å². The van der Waals surface area contributed by atoms with Crippen LogP contribution in [-0.2, 0) is 6.42 Å². The molecule has 1 aromatic carbocycles. The summed E-state index contributed by atoms with van der Waals surface area (Å²) in [6.45, 7) is 0.626. The number of amides is 1. The molecule has 3 N–H and O–H groups in total. The predicted molar refractivity (Wildman–Crippen MR) is 78.9 cm³/mol. The molecule has 1 aromatic heterocycles. The Morgan fingerprint density at radius 2 is 2.17 bits per heavy atom. The van der Waals surface area contributed by atoms with Crippen molar-refractivity contribution in [1.29, 1.82) is 0 Å². The summed E-state index contributed by atoms with van der Waals surface area (Å²) in [4.78, 5) is 13.2. The Morgan fingerprint density at radius 1 is 1.33 bits per heavy atom. The molecular formula is C13H13BrN2OS. The van der Waals surface area contributed by atoms with Crippen LogP contribution in [0.2, 0.25) is 0 Å². The molecule has 0 unspecified atom stereocenters. The van der Waals surface area contributed by atoms with E-state index in [1.165, 1.54) is 4.88 Å². The largest absolute Gasteiger partial charge is 0.398 e. The van der Waals surface area contributed by atoms with Crippen molar-refractivity contribution in [1.82, 2.24) is 5.32 Å². The number of halogens is 1. The topological polar surface area (TPSA) is 55.1 Å². The highest BCUT2D eigenvalue weighted by atomic mass is 79.9. The van der Waals surface area contributed by atoms with E-state index < -0.39 is 0 Å². The average Bonchev–Trinajstić information content (AvgIpc) is 2.85. The van der Waals surface area contributed by atoms with Crippen LogP contribution in [0.25, 0.3) is 0 Å². The Kier molecular flexibility index (Phi) is 4.38. The number of thiophene rings is 1. The minimum Gasteiger partial charge on any atom is -0.398 e. The van der Waals surface area contributed by atoms with E-state index in [4.69, 9.17) is 5.73 Å². The zero-order valence-electron chi connectivity index (χ0n) is 9.65. The van der Waals surface area contributed by atoms with Gasteiger partial charge in [-0.05, 0) is 45.9 Å². The standard InChI is InChI=1S/C13H13BrN2OS/c14-12-10(4-1-5-11(12)15)13(17)16-7-6-9-3-2-8-18-9/h1-5,8H,6-7,15H2,(H,16,17). The van der Waals surface area contributed by atoms with Crippen molar-refractivity contribution in [2.75, 3.05) is 12.3 Å². The monoisotopic (exact) mass is 324 g/mol. The van der Waals surface area contributed by atoms with E-state index in [1.54, 1.807) is 29.5 Å². The van der Waals surface area contributed by atoms with Gasteiger partial charge in [-0.25, -0.2) is 0 Å². The van der Waals surface area contributed by atoms with Gasteiger partial charge in [0, 0.05) is 17.1 Å². The van der Waals surface area contributed by atoms with E-state index in [-0.39, 0.29) is 5.91 Å². The Balaban J connectivity index is 1.93. The van der Waals surface area contributed by atoms with E-state index >= 15 is 0 Å². The third kappa shape index (κ3) is 3.11. The second-order valence-electron chi connectivity index (χ2n) is 3.79. The molecule has 94 valence electrons. The van der Waals surface area contributed by atoms with Crippen LogP contribution in [-0.4, -0.2) is 12.5 Å². The number of hydrogen-bond acceptors (Lipinski definition) is 3. The van der Waals surface area contributed by atoms with Gasteiger partial charge >= 0.3 is 0 Å². The van der Waals surface area contributed by atoms with E-state index in [2.05, 4.69) is 27.3 Å². The number of anilines is 1. The molecule has 0 saturated heterocycles. The highest BCUT2D eigenvalue weighted by molar-refractivity contribution is 9.10. The lowest BCUT2D eigenvalue weighted by atomic mass is 10.2. The number of carbonyl (C=O) groups is 1. The second kappa shape index (κ2) is 6.02. The second-order valence-corrected chi connectivity index (χ2v) is 5.62. The van der Waals surface area contributed by atoms with Gasteiger partial charge in [-0.15, -0.1) is 11.3 Å². The number of hydrogen-bond donors (Lipinski definition) is 2. The van der Waals surface area contributed by atoms with Crippen LogP contribution in [0.15, 0.2) is 40.2 Å². The van der Waals surface area contributed by atoms with E-state index in [0.29, 0.717) is 22.3 Å². The van der Waals surface area contributed by atoms with Gasteiger partial charge in [-0.1, -0.05) is 12.1 Å². The van der Waals surface area contributed by atoms with Crippen LogP contribution in [0.3, 0.4) is 0 Å². The molecule has 3 nitrogen and oxygen atoms in total. The molecule has 2 aromatic rings. The lowest BCUT2D eigenvalue weighted by molar-refractivity contribution is 0.0953. The minimum absolute atomic E-state index is 0.106. The molecule has 0 radical (unpaired) electrons. The van der Waals surface area contributed by atoms with Crippen LogP contribution in [0, 0.1) is 0 Å². The zero-order valence-corrected chi connectivity index (χ0v) is 12.1. The fraction of sp³-hybridized carbons (Fsp3) is 0.154. The molecule has 0 saturated carbocycles. The highest BCUT2D eigenvalue weighted by Gasteiger charge is 2.10. The smallest absolute Gasteiger partial charge is 0.252 e. The van der Waals surface area contributed by atoms with Crippen LogP contribution < -0.4 is 11.1 Å². The number of nitrogens with two attached hydrogens (primary N) is 1. The molecule has 1 amide bonds. The van der Waals surface area contributed by atoms with Crippen LogP contribution >= 0.6 is 27.3 Å². The number of nitrogen functional groups attached to an aromatic ring is 1. The lowest BCUT2D eigenvalue weighted by Gasteiger charge is -2.07. The minimum atomic E-state index is -0.106. The molecule has 1 heterocycles. The number of nitrogens with one attached hydrogen (secondary N) is 1. The Morgan fingerprint density at radius 3 is 2.89 bits per heavy atom. The molecule has 0 aliphatic carbocycles. The molecule has 5 heteroatoms. The fourth-order valence-electron chi connectivity index (χ4n) is 1.57. The quantitative estimate of drug-likeness (QED) is 0.849. The normalized spacial score (nSPS) is 10.3. The average molecular weight is 325 g/mol. The van der Waals surface area contributed by atoms with Crippen molar-refractivity contribution in [3.05, 3.63) is 50.6 Å². The zero-order chi connectivity index (χ0) is 13.0. The Labute approximate surface area is 118 Å². The van der Waals surface area contributed by atoms with Crippen LogP contribution in [0.1, 0.15) is 15.2 Å². The first kappa shape index (κ1) is 13.1. The summed E-state index contributed by atoms with van der Waals surface area (Å²) in [6, 6.07) is 9.35.